The highest BCUT2D eigenvalue weighted by Crippen LogP contribution is 2.21. The Morgan fingerprint density at radius 3 is 2.16 bits per heavy atom. The van der Waals surface area contributed by atoms with E-state index in [9.17, 15) is 24.4 Å². The van der Waals surface area contributed by atoms with Crippen LogP contribution in [0.15, 0.2) is 24.3 Å². The van der Waals surface area contributed by atoms with Crippen LogP contribution in [0.2, 0.25) is 0 Å². The van der Waals surface area contributed by atoms with Gasteiger partial charge in [0, 0.05) is 5.56 Å². The quantitative estimate of drug-likeness (QED) is 0.372. The van der Waals surface area contributed by atoms with E-state index in [0.717, 1.165) is 0 Å². The summed E-state index contributed by atoms with van der Waals surface area (Å²) in [6.45, 7) is 0. The van der Waals surface area contributed by atoms with Crippen molar-refractivity contribution in [2.45, 2.75) is 12.8 Å². The smallest absolute Gasteiger partial charge is 0.298 e. The fourth-order valence-corrected chi connectivity index (χ4v) is 1.63. The minimum Gasteiger partial charge on any atom is -0.298 e. The zero-order valence-electron chi connectivity index (χ0n) is 9.74. The van der Waals surface area contributed by atoms with Crippen molar-refractivity contribution in [3.8, 4) is 0 Å². The molecule has 1 saturated heterocycles. The minimum atomic E-state index is -1.95. The molecule has 0 spiro atoms. The monoisotopic (exact) mass is 264 g/mol. The number of benzene rings is 1. The van der Waals surface area contributed by atoms with Gasteiger partial charge in [-0.1, -0.05) is 12.1 Å². The third-order valence-corrected chi connectivity index (χ3v) is 2.73. The van der Waals surface area contributed by atoms with Crippen molar-refractivity contribution in [2.75, 3.05) is 0 Å². The average Bonchev–Trinajstić information content (AvgIpc) is 2.66. The van der Waals surface area contributed by atoms with Gasteiger partial charge in [-0.15, -0.1) is 0 Å². The number of hydrogen-bond donors (Lipinski definition) is 1. The van der Waals surface area contributed by atoms with Crippen LogP contribution < -0.4 is 0 Å². The number of carbonyl (C=O) groups is 4. The lowest BCUT2D eigenvalue weighted by Crippen LogP contribution is -2.50. The molecule has 0 aromatic heterocycles. The van der Waals surface area contributed by atoms with Gasteiger partial charge in [-0.05, 0) is 12.1 Å². The molecule has 7 heteroatoms. The molecule has 1 aromatic rings. The molecule has 0 bridgehead atoms. The second-order valence-electron chi connectivity index (χ2n) is 3.98. The van der Waals surface area contributed by atoms with Gasteiger partial charge in [-0.3, -0.25) is 4.79 Å². The first kappa shape index (κ1) is 13.1. The van der Waals surface area contributed by atoms with E-state index < -0.39 is 22.6 Å². The first-order valence-corrected chi connectivity index (χ1v) is 5.45. The Hall–Kier alpha value is -2.38. The Bertz CT molecular complexity index is 546. The van der Waals surface area contributed by atoms with Gasteiger partial charge >= 0.3 is 17.8 Å². The molecule has 1 aromatic carbocycles. The highest BCUT2D eigenvalue weighted by atomic mass is 17.0. The van der Waals surface area contributed by atoms with E-state index in [0.29, 0.717) is 11.8 Å². The largest absolute Gasteiger partial charge is 0.403 e. The van der Waals surface area contributed by atoms with Gasteiger partial charge in [0.25, 0.3) is 0 Å². The van der Waals surface area contributed by atoms with Crippen molar-refractivity contribution in [1.29, 1.82) is 0 Å². The summed E-state index contributed by atoms with van der Waals surface area (Å²) in [4.78, 5) is 47.5. The topological polar surface area (TPSA) is 97.7 Å². The zero-order chi connectivity index (χ0) is 14.0. The molecule has 19 heavy (non-hydrogen) atoms. The minimum absolute atomic E-state index is 0.0182. The van der Waals surface area contributed by atoms with Gasteiger partial charge in [0.05, 0.1) is 18.4 Å². The number of rotatable bonds is 3. The molecule has 0 saturated carbocycles. The number of aldehydes is 1. The van der Waals surface area contributed by atoms with Crippen LogP contribution in [0.5, 0.6) is 0 Å². The van der Waals surface area contributed by atoms with Crippen molar-refractivity contribution < 1.29 is 34.0 Å². The predicted molar refractivity (Wildman–Crippen MR) is 58.5 cm³/mol. The van der Waals surface area contributed by atoms with E-state index in [1.165, 1.54) is 24.3 Å². The molecule has 1 aliphatic rings. The van der Waals surface area contributed by atoms with E-state index in [1.54, 1.807) is 0 Å². The number of amides is 2. The van der Waals surface area contributed by atoms with Crippen LogP contribution >= 0.6 is 0 Å². The van der Waals surface area contributed by atoms with Crippen molar-refractivity contribution in [3.63, 3.8) is 0 Å². The lowest BCUT2D eigenvalue weighted by molar-refractivity contribution is -1.12. The number of carbonyl (C=O) groups excluding carboxylic acids is 4. The maximum atomic E-state index is 11.7. The number of quaternary nitrogens is 1. The summed E-state index contributed by atoms with van der Waals surface area (Å²) in [5, 5.41) is 9.70. The van der Waals surface area contributed by atoms with Crippen LogP contribution in [-0.2, 0) is 14.4 Å². The van der Waals surface area contributed by atoms with Crippen LogP contribution in [0, 0.1) is 0 Å². The lowest BCUT2D eigenvalue weighted by atomic mass is 10.1. The zero-order valence-corrected chi connectivity index (χ0v) is 9.74. The third-order valence-electron chi connectivity index (χ3n) is 2.73. The second-order valence-corrected chi connectivity index (χ2v) is 3.98. The molecule has 0 radical (unpaired) electrons. The maximum Gasteiger partial charge on any atom is 0.403 e. The summed E-state index contributed by atoms with van der Waals surface area (Å²) in [6.07, 6.45) is 0.252. The van der Waals surface area contributed by atoms with Gasteiger partial charge in [0.15, 0.2) is 0 Å². The highest BCUT2D eigenvalue weighted by Gasteiger charge is 2.55. The van der Waals surface area contributed by atoms with E-state index >= 15 is 0 Å². The molecule has 7 nitrogen and oxygen atoms in total. The Morgan fingerprint density at radius 1 is 1.16 bits per heavy atom. The predicted octanol–water partition coefficient (Wildman–Crippen LogP) is 0.624. The summed E-state index contributed by atoms with van der Waals surface area (Å²) in [6, 6.07) is 5.34. The fraction of sp³-hybridized carbons (Fsp3) is 0.167. The average molecular weight is 264 g/mol. The molecular formula is C12H10NO6+. The summed E-state index contributed by atoms with van der Waals surface area (Å²) in [7, 11) is 0. The summed E-state index contributed by atoms with van der Waals surface area (Å²) < 4.78 is 0. The molecule has 1 fully saturated rings. The van der Waals surface area contributed by atoms with Gasteiger partial charge < -0.3 is 0 Å². The molecular weight excluding hydrogens is 254 g/mol. The molecule has 1 N–H and O–H groups in total. The van der Waals surface area contributed by atoms with Gasteiger partial charge in [-0.25, -0.2) is 19.2 Å². The van der Waals surface area contributed by atoms with Gasteiger partial charge in [0.2, 0.25) is 0 Å². The van der Waals surface area contributed by atoms with Crippen molar-refractivity contribution in [2.24, 2.45) is 0 Å². The second kappa shape index (κ2) is 4.71. The molecule has 2 amide bonds. The van der Waals surface area contributed by atoms with E-state index in [2.05, 4.69) is 4.84 Å². The van der Waals surface area contributed by atoms with Crippen molar-refractivity contribution in [3.05, 3.63) is 35.4 Å². The van der Waals surface area contributed by atoms with Crippen molar-refractivity contribution >= 4 is 24.1 Å². The fourth-order valence-electron chi connectivity index (χ4n) is 1.63. The van der Waals surface area contributed by atoms with Crippen molar-refractivity contribution in [1.82, 2.24) is 0 Å². The molecule has 2 rings (SSSR count). The number of hydrogen-bond acceptors (Lipinski definition) is 6. The molecule has 1 aliphatic heterocycles. The number of imide groups is 1. The summed E-state index contributed by atoms with van der Waals surface area (Å²) in [5.74, 6) is -2.80. The molecule has 0 aliphatic carbocycles. The number of hydroxylamine groups is 4. The van der Waals surface area contributed by atoms with Gasteiger partial charge in [-0.2, -0.15) is 5.21 Å². The van der Waals surface area contributed by atoms with Crippen LogP contribution in [0.25, 0.3) is 0 Å². The van der Waals surface area contributed by atoms with Crippen LogP contribution in [-0.4, -0.2) is 34.1 Å². The maximum absolute atomic E-state index is 11.7. The SMILES string of the molecule is O=Cc1ccc(C(=O)O[N+]2(O)C(=O)CCC2=O)cc1. The van der Waals surface area contributed by atoms with Gasteiger partial charge in [0.1, 0.15) is 11.1 Å². The van der Waals surface area contributed by atoms with E-state index in [1.807, 2.05) is 0 Å². The molecule has 1 heterocycles. The summed E-state index contributed by atoms with van der Waals surface area (Å²) in [5.41, 5.74) is 0.377. The Morgan fingerprint density at radius 2 is 1.68 bits per heavy atom. The molecule has 0 unspecified atom stereocenters. The summed E-state index contributed by atoms with van der Waals surface area (Å²) >= 11 is 0. The standard InChI is InChI=1S/C12H10NO6/c14-7-8-1-3-9(4-2-8)12(17)19-13(18)10(15)5-6-11(13)16/h1-4,7,18H,5-6H2/q+1. The van der Waals surface area contributed by atoms with Crippen LogP contribution in [0.3, 0.4) is 0 Å². The van der Waals surface area contributed by atoms with E-state index in [-0.39, 0.29) is 18.4 Å². The Balaban J connectivity index is 2.18. The normalized spacial score (nSPS) is 17.3. The first-order valence-electron chi connectivity index (χ1n) is 5.45. The Labute approximate surface area is 107 Å². The van der Waals surface area contributed by atoms with Crippen LogP contribution in [0.1, 0.15) is 33.6 Å². The molecule has 0 atom stereocenters. The third kappa shape index (κ3) is 2.28. The lowest BCUT2D eigenvalue weighted by Gasteiger charge is -2.15. The van der Waals surface area contributed by atoms with E-state index in [4.69, 9.17) is 0 Å². The van der Waals surface area contributed by atoms with Crippen LogP contribution in [0.4, 0.5) is 0 Å². The molecule has 98 valence electrons. The number of nitrogens with zero attached hydrogens (tertiary/aromatic N) is 1. The highest BCUT2D eigenvalue weighted by molar-refractivity contribution is 5.94. The Kier molecular flexibility index (Phi) is 3.24. The first-order chi connectivity index (χ1) is 8.97.